The molecule has 176 valence electrons. The van der Waals surface area contributed by atoms with Crippen LogP contribution in [0.3, 0.4) is 0 Å². The van der Waals surface area contributed by atoms with Crippen LogP contribution < -0.4 is 15.0 Å². The van der Waals surface area contributed by atoms with Crippen molar-refractivity contribution in [3.63, 3.8) is 0 Å². The maximum absolute atomic E-state index is 13.0. The van der Waals surface area contributed by atoms with Crippen molar-refractivity contribution < 1.29 is 14.3 Å². The molecule has 1 aliphatic carbocycles. The lowest BCUT2D eigenvalue weighted by Crippen LogP contribution is -2.44. The average Bonchev–Trinajstić information content (AvgIpc) is 2.82. The maximum atomic E-state index is 13.0. The molecule has 2 aromatic carbocycles. The zero-order valence-corrected chi connectivity index (χ0v) is 20.1. The van der Waals surface area contributed by atoms with Crippen molar-refractivity contribution in [2.45, 2.75) is 78.4 Å². The predicted molar refractivity (Wildman–Crippen MR) is 133 cm³/mol. The van der Waals surface area contributed by atoms with E-state index in [4.69, 9.17) is 4.74 Å². The van der Waals surface area contributed by atoms with Crippen molar-refractivity contribution in [1.82, 2.24) is 0 Å². The molecule has 1 heterocycles. The Morgan fingerprint density at radius 2 is 1.88 bits per heavy atom. The minimum absolute atomic E-state index is 0.0693. The summed E-state index contributed by atoms with van der Waals surface area (Å²) in [4.78, 5) is 27.7. The fourth-order valence-corrected chi connectivity index (χ4v) is 5.06. The molecule has 1 N–H and O–H groups in total. The molecule has 2 amide bonds. The monoisotopic (exact) mass is 448 g/mol. The van der Waals surface area contributed by atoms with Gasteiger partial charge in [0.05, 0.1) is 12.2 Å². The van der Waals surface area contributed by atoms with Crippen molar-refractivity contribution in [2.75, 3.05) is 10.2 Å². The van der Waals surface area contributed by atoms with Gasteiger partial charge in [0.1, 0.15) is 5.75 Å². The van der Waals surface area contributed by atoms with E-state index in [0.29, 0.717) is 23.7 Å². The minimum atomic E-state index is -0.537. The Bertz CT molecular complexity index is 994. The normalized spacial score (nSPS) is 22.5. The van der Waals surface area contributed by atoms with Crippen LogP contribution in [0.4, 0.5) is 11.4 Å². The highest BCUT2D eigenvalue weighted by atomic mass is 16.5. The van der Waals surface area contributed by atoms with Gasteiger partial charge in [-0.1, -0.05) is 50.5 Å². The van der Waals surface area contributed by atoms with Gasteiger partial charge in [-0.05, 0) is 74.8 Å². The third-order valence-electron chi connectivity index (χ3n) is 7.21. The number of anilines is 2. The van der Waals surface area contributed by atoms with Crippen molar-refractivity contribution in [1.29, 1.82) is 0 Å². The standard InChI is InChI=1S/C28H36N2O3/c1-4-5-9-21-11-13-22(14-12-21)27(31)29-24-15-16-26-25(17-24)30(28(32)20(3)33-26)18-23-10-7-6-8-19(23)2/h6-8,10,15-17,20-22H,4-5,9,11-14,18H2,1-3H3,(H,29,31). The smallest absolute Gasteiger partial charge is 0.268 e. The zero-order chi connectivity index (χ0) is 23.4. The van der Waals surface area contributed by atoms with Gasteiger partial charge in [-0.15, -0.1) is 0 Å². The first-order valence-electron chi connectivity index (χ1n) is 12.4. The van der Waals surface area contributed by atoms with Crippen LogP contribution in [-0.2, 0) is 16.1 Å². The third-order valence-corrected chi connectivity index (χ3v) is 7.21. The molecule has 0 bridgehead atoms. The molecule has 1 atom stereocenters. The number of aryl methyl sites for hydroxylation is 1. The van der Waals surface area contributed by atoms with Gasteiger partial charge >= 0.3 is 0 Å². The fraction of sp³-hybridized carbons (Fsp3) is 0.500. The summed E-state index contributed by atoms with van der Waals surface area (Å²) < 4.78 is 5.86. The third kappa shape index (κ3) is 5.40. The van der Waals surface area contributed by atoms with Crippen LogP contribution in [-0.4, -0.2) is 17.9 Å². The number of nitrogens with one attached hydrogen (secondary N) is 1. The number of benzene rings is 2. The van der Waals surface area contributed by atoms with Crippen LogP contribution in [0.15, 0.2) is 42.5 Å². The molecule has 0 spiro atoms. The number of hydrogen-bond acceptors (Lipinski definition) is 3. The van der Waals surface area contributed by atoms with Crippen molar-refractivity contribution >= 4 is 23.2 Å². The molecule has 0 radical (unpaired) electrons. The van der Waals surface area contributed by atoms with E-state index in [9.17, 15) is 9.59 Å². The first-order valence-corrected chi connectivity index (χ1v) is 12.4. The number of rotatable bonds is 7. The average molecular weight is 449 g/mol. The van der Waals surface area contributed by atoms with Gasteiger partial charge in [0, 0.05) is 11.6 Å². The van der Waals surface area contributed by atoms with E-state index in [2.05, 4.69) is 25.2 Å². The second-order valence-electron chi connectivity index (χ2n) is 9.64. The predicted octanol–water partition coefficient (Wildman–Crippen LogP) is 6.24. The summed E-state index contributed by atoms with van der Waals surface area (Å²) in [6.07, 6.45) is 7.50. The Hall–Kier alpha value is -2.82. The number of amides is 2. The summed E-state index contributed by atoms with van der Waals surface area (Å²) in [6.45, 7) is 6.55. The summed E-state index contributed by atoms with van der Waals surface area (Å²) in [5, 5.41) is 3.11. The number of unbranched alkanes of at least 4 members (excludes halogenated alkanes) is 1. The molecule has 4 rings (SSSR count). The largest absolute Gasteiger partial charge is 0.479 e. The molecule has 2 aliphatic rings. The van der Waals surface area contributed by atoms with E-state index in [-0.39, 0.29) is 17.7 Å². The van der Waals surface area contributed by atoms with Crippen LogP contribution in [0.5, 0.6) is 5.75 Å². The molecule has 33 heavy (non-hydrogen) atoms. The van der Waals surface area contributed by atoms with Crippen LogP contribution in [0.2, 0.25) is 0 Å². The van der Waals surface area contributed by atoms with E-state index < -0.39 is 6.10 Å². The second kappa shape index (κ2) is 10.4. The molecule has 1 saturated carbocycles. The van der Waals surface area contributed by atoms with Gasteiger partial charge in [0.15, 0.2) is 6.10 Å². The SMILES string of the molecule is CCCCC1CCC(C(=O)Nc2ccc3c(c2)N(Cc2ccccc2C)C(=O)C(C)O3)CC1. The van der Waals surface area contributed by atoms with Gasteiger partial charge < -0.3 is 15.0 Å². The summed E-state index contributed by atoms with van der Waals surface area (Å²) in [5.74, 6) is 1.54. The molecule has 1 fully saturated rings. The molecule has 5 heteroatoms. The molecule has 5 nitrogen and oxygen atoms in total. The zero-order valence-electron chi connectivity index (χ0n) is 20.1. The van der Waals surface area contributed by atoms with Gasteiger partial charge in [0.2, 0.25) is 5.91 Å². The quantitative estimate of drug-likeness (QED) is 0.545. The van der Waals surface area contributed by atoms with Gasteiger partial charge in [-0.25, -0.2) is 0 Å². The number of carbonyl (C=O) groups excluding carboxylic acids is 2. The Morgan fingerprint density at radius 3 is 2.61 bits per heavy atom. The first-order chi connectivity index (χ1) is 16.0. The highest BCUT2D eigenvalue weighted by Crippen LogP contribution is 2.38. The van der Waals surface area contributed by atoms with E-state index in [0.717, 1.165) is 42.7 Å². The Kier molecular flexibility index (Phi) is 7.36. The Balaban J connectivity index is 1.47. The molecule has 1 aliphatic heterocycles. The van der Waals surface area contributed by atoms with E-state index >= 15 is 0 Å². The highest BCUT2D eigenvalue weighted by molar-refractivity contribution is 6.01. The van der Waals surface area contributed by atoms with E-state index in [1.54, 1.807) is 11.8 Å². The summed E-state index contributed by atoms with van der Waals surface area (Å²) in [5.41, 5.74) is 3.67. The summed E-state index contributed by atoms with van der Waals surface area (Å²) in [7, 11) is 0. The summed E-state index contributed by atoms with van der Waals surface area (Å²) >= 11 is 0. The summed E-state index contributed by atoms with van der Waals surface area (Å²) in [6, 6.07) is 13.7. The number of hydrogen-bond donors (Lipinski definition) is 1. The van der Waals surface area contributed by atoms with Gasteiger partial charge in [-0.3, -0.25) is 9.59 Å². The Morgan fingerprint density at radius 1 is 1.12 bits per heavy atom. The van der Waals surface area contributed by atoms with E-state index in [1.165, 1.54) is 19.3 Å². The first kappa shape index (κ1) is 23.3. The molecular formula is C28H36N2O3. The molecule has 0 saturated heterocycles. The number of nitrogens with zero attached hydrogens (tertiary/aromatic N) is 1. The van der Waals surface area contributed by atoms with Crippen molar-refractivity contribution in [2.24, 2.45) is 11.8 Å². The van der Waals surface area contributed by atoms with Crippen LogP contribution >= 0.6 is 0 Å². The van der Waals surface area contributed by atoms with Crippen LogP contribution in [0.1, 0.15) is 69.9 Å². The lowest BCUT2D eigenvalue weighted by atomic mass is 9.79. The van der Waals surface area contributed by atoms with Crippen molar-refractivity contribution in [3.05, 3.63) is 53.6 Å². The lowest BCUT2D eigenvalue weighted by molar-refractivity contribution is -0.125. The van der Waals surface area contributed by atoms with Crippen LogP contribution in [0.25, 0.3) is 0 Å². The number of carbonyl (C=O) groups is 2. The van der Waals surface area contributed by atoms with Gasteiger partial charge in [0.25, 0.3) is 5.91 Å². The maximum Gasteiger partial charge on any atom is 0.268 e. The highest BCUT2D eigenvalue weighted by Gasteiger charge is 2.32. The number of ether oxygens (including phenoxy) is 1. The van der Waals surface area contributed by atoms with E-state index in [1.807, 2.05) is 36.4 Å². The molecular weight excluding hydrogens is 412 g/mol. The molecule has 2 aromatic rings. The van der Waals surface area contributed by atoms with Gasteiger partial charge in [-0.2, -0.15) is 0 Å². The van der Waals surface area contributed by atoms with Crippen LogP contribution in [0, 0.1) is 18.8 Å². The Labute approximate surface area is 197 Å². The lowest BCUT2D eigenvalue weighted by Gasteiger charge is -2.34. The molecule has 0 aromatic heterocycles. The minimum Gasteiger partial charge on any atom is -0.479 e. The fourth-order valence-electron chi connectivity index (χ4n) is 5.06. The molecule has 1 unspecified atom stereocenters. The second-order valence-corrected chi connectivity index (χ2v) is 9.64. The topological polar surface area (TPSA) is 58.6 Å². The van der Waals surface area contributed by atoms with Crippen molar-refractivity contribution in [3.8, 4) is 5.75 Å². The number of fused-ring (bicyclic) bond motifs is 1.